The van der Waals surface area contributed by atoms with Crippen molar-refractivity contribution in [3.05, 3.63) is 0 Å². The van der Waals surface area contributed by atoms with Gasteiger partial charge in [0.15, 0.2) is 0 Å². The Kier molecular flexibility index (Phi) is 56.4. The molecular formula is C16H37N3O11. The minimum Gasteiger partial charge on any atom is -0.481 e. The summed E-state index contributed by atoms with van der Waals surface area (Å²) in [5, 5.41) is 40.1. The van der Waals surface area contributed by atoms with Crippen LogP contribution in [0.2, 0.25) is 0 Å². The molecule has 0 aromatic heterocycles. The van der Waals surface area contributed by atoms with Crippen LogP contribution in [0.3, 0.4) is 0 Å². The molecular weight excluding hydrogens is 410 g/mol. The van der Waals surface area contributed by atoms with E-state index in [2.05, 4.69) is 10.1 Å². The van der Waals surface area contributed by atoms with Crippen LogP contribution in [0.5, 0.6) is 0 Å². The predicted octanol–water partition coefficient (Wildman–Crippen LogP) is -1.04. The van der Waals surface area contributed by atoms with Gasteiger partial charge in [-0.3, -0.25) is 24.0 Å². The highest BCUT2D eigenvalue weighted by Crippen LogP contribution is 1.84. The Labute approximate surface area is 175 Å². The van der Waals surface area contributed by atoms with Gasteiger partial charge in [-0.25, -0.2) is 0 Å². The maximum atomic E-state index is 9.00. The Morgan fingerprint density at radius 1 is 0.633 bits per heavy atom. The van der Waals surface area contributed by atoms with Crippen molar-refractivity contribution in [2.45, 2.75) is 34.6 Å². The molecule has 0 bridgehead atoms. The molecule has 0 aliphatic carbocycles. The second-order valence-corrected chi connectivity index (χ2v) is 4.53. The Morgan fingerprint density at radius 3 is 0.833 bits per heavy atom. The number of carboxylic acids is 5. The first-order chi connectivity index (χ1) is 13.6. The zero-order chi connectivity index (χ0) is 25.5. The molecule has 1 saturated heterocycles. The molecule has 1 aliphatic rings. The van der Waals surface area contributed by atoms with Crippen molar-refractivity contribution in [2.75, 3.05) is 39.4 Å². The lowest BCUT2D eigenvalue weighted by atomic mass is 10.6. The Balaban J connectivity index is -0.0000000569. The van der Waals surface area contributed by atoms with E-state index in [1.165, 1.54) is 0 Å². The van der Waals surface area contributed by atoms with E-state index in [0.29, 0.717) is 13.1 Å². The molecule has 0 aromatic carbocycles. The molecule has 182 valence electrons. The number of nitrogens with two attached hydrogens (primary N) is 2. The lowest BCUT2D eigenvalue weighted by Crippen LogP contribution is -2.27. The van der Waals surface area contributed by atoms with Crippen molar-refractivity contribution in [3.8, 4) is 0 Å². The summed E-state index contributed by atoms with van der Waals surface area (Å²) in [6, 6.07) is 0. The van der Waals surface area contributed by atoms with Gasteiger partial charge >= 0.3 is 0 Å². The van der Waals surface area contributed by atoms with Crippen molar-refractivity contribution in [1.82, 2.24) is 5.32 Å². The molecule has 0 radical (unpaired) electrons. The summed E-state index contributed by atoms with van der Waals surface area (Å²) in [5.74, 6) is -4.17. The maximum Gasteiger partial charge on any atom is 0.300 e. The highest BCUT2D eigenvalue weighted by molar-refractivity contribution is 5.63. The van der Waals surface area contributed by atoms with Gasteiger partial charge in [0.1, 0.15) is 0 Å². The van der Waals surface area contributed by atoms with E-state index in [1.807, 2.05) is 0 Å². The van der Waals surface area contributed by atoms with Gasteiger partial charge in [0.25, 0.3) is 29.8 Å². The van der Waals surface area contributed by atoms with Gasteiger partial charge in [-0.05, 0) is 0 Å². The molecule has 0 amide bonds. The highest BCUT2D eigenvalue weighted by Gasteiger charge is 1.94. The number of rotatable bonds is 4. The number of nitrogens with one attached hydrogen (secondary N) is 1. The van der Waals surface area contributed by atoms with Crippen LogP contribution in [0, 0.1) is 0 Å². The van der Waals surface area contributed by atoms with Crippen molar-refractivity contribution in [1.29, 1.82) is 0 Å². The summed E-state index contributed by atoms with van der Waals surface area (Å²) in [6.45, 7) is 10.5. The first-order valence-electron chi connectivity index (χ1n) is 8.24. The average molecular weight is 447 g/mol. The molecule has 1 fully saturated rings. The van der Waals surface area contributed by atoms with Gasteiger partial charge in [0.05, 0.1) is 13.2 Å². The van der Waals surface area contributed by atoms with Crippen molar-refractivity contribution < 1.29 is 54.2 Å². The smallest absolute Gasteiger partial charge is 0.300 e. The van der Waals surface area contributed by atoms with E-state index in [9.17, 15) is 0 Å². The zero-order valence-electron chi connectivity index (χ0n) is 18.1. The molecule has 0 atom stereocenters. The van der Waals surface area contributed by atoms with Crippen LogP contribution in [0.15, 0.2) is 0 Å². The van der Waals surface area contributed by atoms with E-state index in [-0.39, 0.29) is 0 Å². The topological polar surface area (TPSA) is 263 Å². The van der Waals surface area contributed by atoms with Crippen molar-refractivity contribution in [2.24, 2.45) is 11.5 Å². The molecule has 10 N–H and O–H groups in total. The number of epoxide rings is 1. The minimum atomic E-state index is -0.833. The molecule has 14 heteroatoms. The maximum absolute atomic E-state index is 9.00. The third kappa shape index (κ3) is 3070. The fraction of sp³-hybridized carbons (Fsp3) is 0.688. The standard InChI is InChI=1S/C4H13N3.5C2H4O2.C2H4O/c5-1-3-7-4-2-6;5*1-2(3)4;1-2-3-1/h7H,1-6H2;5*1H3,(H,3,4);1-2H2. The number of carbonyl (C=O) groups is 5. The molecule has 14 nitrogen and oxygen atoms in total. The second-order valence-electron chi connectivity index (χ2n) is 4.53. The Morgan fingerprint density at radius 2 is 0.767 bits per heavy atom. The van der Waals surface area contributed by atoms with Crippen molar-refractivity contribution >= 4 is 29.8 Å². The van der Waals surface area contributed by atoms with Crippen LogP contribution < -0.4 is 16.8 Å². The van der Waals surface area contributed by atoms with Crippen LogP contribution in [0.1, 0.15) is 34.6 Å². The number of aliphatic carboxylic acids is 5. The zero-order valence-corrected chi connectivity index (χ0v) is 18.1. The lowest BCUT2D eigenvalue weighted by Gasteiger charge is -1.95. The Hall–Kier alpha value is -2.81. The van der Waals surface area contributed by atoms with E-state index in [1.54, 1.807) is 0 Å². The van der Waals surface area contributed by atoms with Gasteiger partial charge < -0.3 is 47.1 Å². The largest absolute Gasteiger partial charge is 0.481 e. The molecule has 1 aliphatic heterocycles. The fourth-order valence-electron chi connectivity index (χ4n) is 0.329. The van der Waals surface area contributed by atoms with Gasteiger partial charge in [-0.2, -0.15) is 0 Å². The van der Waals surface area contributed by atoms with E-state index < -0.39 is 29.8 Å². The molecule has 0 unspecified atom stereocenters. The predicted molar refractivity (Wildman–Crippen MR) is 108 cm³/mol. The number of ether oxygens (including phenoxy) is 1. The van der Waals surface area contributed by atoms with Crippen molar-refractivity contribution in [3.63, 3.8) is 0 Å². The quantitative estimate of drug-likeness (QED) is 0.189. The number of hydrogen-bond donors (Lipinski definition) is 8. The molecule has 30 heavy (non-hydrogen) atoms. The van der Waals surface area contributed by atoms with Gasteiger partial charge in [-0.15, -0.1) is 0 Å². The molecule has 1 heterocycles. The van der Waals surface area contributed by atoms with E-state index in [0.717, 1.165) is 60.9 Å². The SMILES string of the molecule is C1CO1.CC(=O)O.CC(=O)O.CC(=O)O.CC(=O)O.CC(=O)O.NCCNCCN. The fourth-order valence-corrected chi connectivity index (χ4v) is 0.329. The van der Waals surface area contributed by atoms with Crippen LogP contribution in [0.25, 0.3) is 0 Å². The van der Waals surface area contributed by atoms with Crippen LogP contribution >= 0.6 is 0 Å². The monoisotopic (exact) mass is 447 g/mol. The molecule has 0 spiro atoms. The second kappa shape index (κ2) is 40.8. The van der Waals surface area contributed by atoms with E-state index >= 15 is 0 Å². The summed E-state index contributed by atoms with van der Waals surface area (Å²) in [4.78, 5) is 45.0. The average Bonchev–Trinajstić information content (AvgIpc) is 3.33. The molecule has 0 aromatic rings. The first kappa shape index (κ1) is 41.5. The summed E-state index contributed by atoms with van der Waals surface area (Å²) >= 11 is 0. The van der Waals surface area contributed by atoms with Gasteiger partial charge in [0, 0.05) is 60.8 Å². The normalized spacial score (nSPS) is 8.77. The van der Waals surface area contributed by atoms with E-state index in [4.69, 9.17) is 61.0 Å². The third-order valence-electron chi connectivity index (χ3n) is 0.846. The van der Waals surface area contributed by atoms with Crippen LogP contribution in [-0.2, 0) is 28.7 Å². The van der Waals surface area contributed by atoms with Crippen LogP contribution in [0.4, 0.5) is 0 Å². The molecule has 1 rings (SSSR count). The van der Waals surface area contributed by atoms with Crippen LogP contribution in [-0.4, -0.2) is 94.8 Å². The number of carboxylic acid groups (broad SMARTS) is 5. The Bertz CT molecular complexity index is 321. The summed E-state index contributed by atoms with van der Waals surface area (Å²) in [6.07, 6.45) is 0. The minimum absolute atomic E-state index is 0.694. The van der Waals surface area contributed by atoms with Gasteiger partial charge in [-0.1, -0.05) is 0 Å². The first-order valence-corrected chi connectivity index (χ1v) is 8.24. The molecule has 0 saturated carbocycles. The third-order valence-corrected chi connectivity index (χ3v) is 0.846. The highest BCUT2D eigenvalue weighted by atomic mass is 16.6. The summed E-state index contributed by atoms with van der Waals surface area (Å²) in [7, 11) is 0. The summed E-state index contributed by atoms with van der Waals surface area (Å²) < 4.78 is 4.50. The summed E-state index contributed by atoms with van der Waals surface area (Å²) in [5.41, 5.74) is 10.3. The van der Waals surface area contributed by atoms with Gasteiger partial charge in [0.2, 0.25) is 0 Å². The lowest BCUT2D eigenvalue weighted by molar-refractivity contribution is -0.135. The number of hydrogen-bond acceptors (Lipinski definition) is 9.